The number of ether oxygens (including phenoxy) is 3. The molecule has 1 aliphatic rings. The van der Waals surface area contributed by atoms with Crippen LogP contribution < -0.4 is 29.9 Å². The molecule has 0 aliphatic carbocycles. The Hall–Kier alpha value is -3.85. The van der Waals surface area contributed by atoms with Gasteiger partial charge in [0, 0.05) is 0 Å². The number of anilines is 1. The van der Waals surface area contributed by atoms with Gasteiger partial charge in [-0.05, 0) is 48.5 Å². The highest BCUT2D eigenvalue weighted by molar-refractivity contribution is 7.49. The number of nitrogen functional groups attached to an aromatic ring is 1. The Morgan fingerprint density at radius 2 is 1.54 bits per heavy atom. The molecule has 0 radical (unpaired) electrons. The topological polar surface area (TPSA) is 154 Å². The van der Waals surface area contributed by atoms with Gasteiger partial charge in [0.1, 0.15) is 29.1 Å². The first-order valence-electron chi connectivity index (χ1n) is 11.7. The first-order valence-corrected chi connectivity index (χ1v) is 13.1. The summed E-state index contributed by atoms with van der Waals surface area (Å²) < 4.78 is 103. The van der Waals surface area contributed by atoms with E-state index < -0.39 is 62.3 Å². The highest BCUT2D eigenvalue weighted by Gasteiger charge is 2.62. The summed E-state index contributed by atoms with van der Waals surface area (Å²) in [6.07, 6.45) is -10.9. The highest BCUT2D eigenvalue weighted by atomic mass is 31.2. The molecule has 1 fully saturated rings. The molecular formula is C24H24F4N3O9P. The second-order valence-corrected chi connectivity index (χ2v) is 10.1. The van der Waals surface area contributed by atoms with Crippen molar-refractivity contribution in [1.29, 1.82) is 0 Å². The third-order valence-electron chi connectivity index (χ3n) is 5.99. The van der Waals surface area contributed by atoms with Crippen LogP contribution in [0.4, 0.5) is 23.4 Å². The van der Waals surface area contributed by atoms with Crippen LogP contribution in [-0.2, 0) is 13.8 Å². The van der Waals surface area contributed by atoms with Gasteiger partial charge < -0.3 is 34.1 Å². The Balaban J connectivity index is 1.65. The minimum absolute atomic E-state index is 0.0992. The molecule has 1 saturated heterocycles. The molecule has 1 aliphatic heterocycles. The smallest absolute Gasteiger partial charge is 0.497 e. The van der Waals surface area contributed by atoms with Crippen LogP contribution in [0, 0.1) is 5.82 Å². The predicted octanol–water partition coefficient (Wildman–Crippen LogP) is 3.50. The number of hydrogen-bond donors (Lipinski definition) is 2. The number of aromatic nitrogens is 2. The van der Waals surface area contributed by atoms with Crippen LogP contribution in [0.5, 0.6) is 23.0 Å². The quantitative estimate of drug-likeness (QED) is 0.244. The van der Waals surface area contributed by atoms with Gasteiger partial charge in [-0.1, -0.05) is 0 Å². The Bertz CT molecular complexity index is 1410. The van der Waals surface area contributed by atoms with Crippen LogP contribution in [0.15, 0.2) is 59.5 Å². The second kappa shape index (κ2) is 11.9. The molecule has 1 aromatic heterocycles. The third-order valence-corrected chi connectivity index (χ3v) is 7.31. The van der Waals surface area contributed by atoms with Crippen LogP contribution in [0.1, 0.15) is 6.23 Å². The zero-order valence-electron chi connectivity index (χ0n) is 21.4. The van der Waals surface area contributed by atoms with Gasteiger partial charge in [-0.15, -0.1) is 0 Å². The monoisotopic (exact) mass is 605 g/mol. The van der Waals surface area contributed by atoms with E-state index in [1.807, 2.05) is 0 Å². The Morgan fingerprint density at radius 1 is 1.05 bits per heavy atom. The number of alkyl halides is 3. The van der Waals surface area contributed by atoms with Gasteiger partial charge in [-0.3, -0.25) is 9.09 Å². The number of phosphoric ester groups is 1. The maximum absolute atomic E-state index is 15.1. The summed E-state index contributed by atoms with van der Waals surface area (Å²) in [7, 11) is -2.08. The summed E-state index contributed by atoms with van der Waals surface area (Å²) in [5, 5.41) is 10.5. The molecule has 0 bridgehead atoms. The van der Waals surface area contributed by atoms with Gasteiger partial charge in [-0.25, -0.2) is 26.9 Å². The number of benzene rings is 2. The molecule has 2 unspecified atom stereocenters. The van der Waals surface area contributed by atoms with Gasteiger partial charge in [0.2, 0.25) is 0 Å². The summed E-state index contributed by atoms with van der Waals surface area (Å²) >= 11 is 0. The maximum Gasteiger partial charge on any atom is 0.587 e. The summed E-state index contributed by atoms with van der Waals surface area (Å²) in [6, 6.07) is 11.0. The minimum Gasteiger partial charge on any atom is -0.497 e. The first kappa shape index (κ1) is 30.1. The van der Waals surface area contributed by atoms with Crippen molar-refractivity contribution in [2.75, 3.05) is 26.6 Å². The number of methoxy groups -OCH3 is 2. The van der Waals surface area contributed by atoms with Gasteiger partial charge in [-0.2, -0.15) is 4.98 Å². The number of hydrogen-bond acceptors (Lipinski definition) is 11. The molecule has 3 aromatic rings. The molecule has 4 rings (SSSR count). The van der Waals surface area contributed by atoms with E-state index in [2.05, 4.69) is 4.98 Å². The van der Waals surface area contributed by atoms with Gasteiger partial charge in [0.05, 0.1) is 27.0 Å². The fourth-order valence-corrected chi connectivity index (χ4v) is 5.04. The lowest BCUT2D eigenvalue weighted by Crippen LogP contribution is -2.52. The van der Waals surface area contributed by atoms with Crippen molar-refractivity contribution in [1.82, 2.24) is 9.55 Å². The van der Waals surface area contributed by atoms with Crippen molar-refractivity contribution in [3.05, 3.63) is 71.0 Å². The summed E-state index contributed by atoms with van der Waals surface area (Å²) in [5.41, 5.74) is 0.650. The molecule has 222 valence electrons. The van der Waals surface area contributed by atoms with Crippen molar-refractivity contribution in [2.45, 2.75) is 30.5 Å². The largest absolute Gasteiger partial charge is 0.587 e. The molecule has 3 N–H and O–H groups in total. The third kappa shape index (κ3) is 6.25. The number of halogens is 4. The SMILES string of the molecule is COc1ccc(OP(=O)(OC[C@@]2(C(F)F)O[C@@H](n3cc(F)c(N)nc3=O)C(F)C2O)Oc2ccc(OC)cc2)cc1. The summed E-state index contributed by atoms with van der Waals surface area (Å²) in [4.78, 5) is 15.3. The predicted molar refractivity (Wildman–Crippen MR) is 133 cm³/mol. The lowest BCUT2D eigenvalue weighted by Gasteiger charge is -2.31. The summed E-state index contributed by atoms with van der Waals surface area (Å²) in [5.74, 6) is -1.48. The van der Waals surface area contributed by atoms with E-state index in [1.165, 1.54) is 62.8 Å². The number of aliphatic hydroxyl groups is 1. The first-order chi connectivity index (χ1) is 19.4. The van der Waals surface area contributed by atoms with Crippen molar-refractivity contribution in [3.8, 4) is 23.0 Å². The zero-order chi connectivity index (χ0) is 29.9. The van der Waals surface area contributed by atoms with Crippen molar-refractivity contribution in [2.24, 2.45) is 0 Å². The molecule has 12 nitrogen and oxygen atoms in total. The number of rotatable bonds is 11. The molecule has 0 saturated carbocycles. The number of nitrogens with zero attached hydrogens (tertiary/aromatic N) is 2. The van der Waals surface area contributed by atoms with Crippen molar-refractivity contribution < 1.29 is 55.0 Å². The van der Waals surface area contributed by atoms with E-state index in [0.29, 0.717) is 17.7 Å². The van der Waals surface area contributed by atoms with Crippen LogP contribution in [0.2, 0.25) is 0 Å². The van der Waals surface area contributed by atoms with Gasteiger partial charge in [0.25, 0.3) is 6.43 Å². The lowest BCUT2D eigenvalue weighted by molar-refractivity contribution is -0.193. The molecule has 41 heavy (non-hydrogen) atoms. The van der Waals surface area contributed by atoms with Crippen molar-refractivity contribution in [3.63, 3.8) is 0 Å². The highest BCUT2D eigenvalue weighted by Crippen LogP contribution is 2.52. The Morgan fingerprint density at radius 3 is 2.00 bits per heavy atom. The average Bonchev–Trinajstić information content (AvgIpc) is 3.21. The van der Waals surface area contributed by atoms with E-state index in [-0.39, 0.29) is 16.1 Å². The molecule has 2 heterocycles. The van der Waals surface area contributed by atoms with Crippen LogP contribution in [0.25, 0.3) is 0 Å². The molecular weight excluding hydrogens is 581 g/mol. The maximum atomic E-state index is 15.1. The lowest BCUT2D eigenvalue weighted by atomic mass is 9.97. The fourth-order valence-electron chi connectivity index (χ4n) is 3.78. The zero-order valence-corrected chi connectivity index (χ0v) is 22.3. The molecule has 17 heteroatoms. The standard InChI is InChI=1S/C24H24F4N3O9P/c1-35-13-3-7-15(8-4-13)39-41(34,40-16-9-5-14(36-2)6-10-16)37-12-24(22(27)28)19(32)18(26)21(38-24)31-11-17(25)20(29)30-23(31)33/h3-11,18-19,21-22,32H,12H2,1-2H3,(H2,29,30,33)/t18?,19?,21-,24-/m1/s1. The van der Waals surface area contributed by atoms with Crippen LogP contribution in [0.3, 0.4) is 0 Å². The normalized spacial score (nSPS) is 22.5. The number of nitrogens with two attached hydrogens (primary N) is 1. The molecule has 2 aromatic carbocycles. The van der Waals surface area contributed by atoms with Gasteiger partial charge in [0.15, 0.2) is 29.6 Å². The van der Waals surface area contributed by atoms with Crippen LogP contribution >= 0.6 is 7.82 Å². The minimum atomic E-state index is -4.89. The van der Waals surface area contributed by atoms with E-state index >= 15 is 4.39 Å². The van der Waals surface area contributed by atoms with E-state index in [9.17, 15) is 27.6 Å². The molecule has 0 spiro atoms. The van der Waals surface area contributed by atoms with Crippen LogP contribution in [-0.4, -0.2) is 59.8 Å². The van der Waals surface area contributed by atoms with Gasteiger partial charge >= 0.3 is 13.5 Å². The summed E-state index contributed by atoms with van der Waals surface area (Å²) in [6.45, 7) is -1.47. The van der Waals surface area contributed by atoms with Crippen molar-refractivity contribution >= 4 is 13.6 Å². The van der Waals surface area contributed by atoms with E-state index in [4.69, 9.17) is 33.5 Å². The Labute approximate surface area is 229 Å². The number of aliphatic hydroxyl groups excluding tert-OH is 1. The molecule has 0 amide bonds. The number of phosphoric acid groups is 1. The molecule has 4 atom stereocenters. The van der Waals surface area contributed by atoms with E-state index in [1.54, 1.807) is 0 Å². The second-order valence-electron chi connectivity index (χ2n) is 8.57. The fraction of sp³-hybridized carbons (Fsp3) is 0.333. The van der Waals surface area contributed by atoms with E-state index in [0.717, 1.165) is 0 Å². The average molecular weight is 605 g/mol. The Kier molecular flexibility index (Phi) is 8.77.